The van der Waals surface area contributed by atoms with Crippen LogP contribution in [0.1, 0.15) is 35.2 Å². The maximum Gasteiger partial charge on any atom is 0.408 e. The Morgan fingerprint density at radius 2 is 2.00 bits per heavy atom. The van der Waals surface area contributed by atoms with Crippen LogP contribution in [0, 0.1) is 25.2 Å². The monoisotopic (exact) mass is 473 g/mol. The molecule has 1 aliphatic heterocycles. The number of halogens is 3. The Hall–Kier alpha value is -3.95. The van der Waals surface area contributed by atoms with Gasteiger partial charge >= 0.3 is 6.18 Å². The van der Waals surface area contributed by atoms with Crippen LogP contribution in [0.4, 0.5) is 19.0 Å². The zero-order chi connectivity index (χ0) is 24.7. The van der Waals surface area contributed by atoms with Gasteiger partial charge in [-0.25, -0.2) is 9.97 Å². The van der Waals surface area contributed by atoms with E-state index in [9.17, 15) is 23.2 Å². The zero-order valence-electron chi connectivity index (χ0n) is 18.7. The first-order chi connectivity index (χ1) is 16.0. The van der Waals surface area contributed by atoms with Crippen molar-refractivity contribution in [3.63, 3.8) is 0 Å². The number of aryl methyl sites for hydroxylation is 2. The number of H-pyrrole nitrogens is 1. The zero-order valence-corrected chi connectivity index (χ0v) is 18.7. The van der Waals surface area contributed by atoms with E-state index in [1.807, 2.05) is 30.3 Å². The van der Waals surface area contributed by atoms with Gasteiger partial charge in [0, 0.05) is 36.1 Å². The molecule has 1 amide bonds. The van der Waals surface area contributed by atoms with Crippen LogP contribution in [-0.4, -0.2) is 61.2 Å². The maximum atomic E-state index is 12.7. The minimum atomic E-state index is -4.55. The summed E-state index contributed by atoms with van der Waals surface area (Å²) in [5.74, 6) is -0.510. The molecule has 4 heterocycles. The Labute approximate surface area is 192 Å². The summed E-state index contributed by atoms with van der Waals surface area (Å²) in [6.45, 7) is 5.52. The lowest BCUT2D eigenvalue weighted by Gasteiger charge is -2.49. The number of nitriles is 1. The lowest BCUT2D eigenvalue weighted by atomic mass is 9.87. The third-order valence-corrected chi connectivity index (χ3v) is 5.92. The molecule has 1 fully saturated rings. The largest absolute Gasteiger partial charge is 0.408 e. The van der Waals surface area contributed by atoms with Crippen molar-refractivity contribution in [2.45, 2.75) is 44.9 Å². The number of nitrogens with zero attached hydrogens (tertiary/aromatic N) is 7. The molecule has 178 valence electrons. The molecule has 1 atom stereocenters. The molecule has 0 radical (unpaired) electrons. The number of alkyl halides is 3. The van der Waals surface area contributed by atoms with Crippen molar-refractivity contribution in [1.29, 1.82) is 5.26 Å². The number of nitrogens with one attached hydrogen (secondary N) is 2. The van der Waals surface area contributed by atoms with Crippen LogP contribution in [0.15, 0.2) is 24.8 Å². The lowest BCUT2D eigenvalue weighted by Crippen LogP contribution is -2.63. The molecule has 1 unspecified atom stereocenters. The molecule has 0 bridgehead atoms. The average molecular weight is 473 g/mol. The second-order valence-electron chi connectivity index (χ2n) is 8.39. The van der Waals surface area contributed by atoms with E-state index < -0.39 is 23.7 Å². The average Bonchev–Trinajstić information content (AvgIpc) is 3.35. The number of aromatic nitrogens is 6. The Bertz CT molecular complexity index is 1230. The number of hydrogen-bond acceptors (Lipinski definition) is 7. The van der Waals surface area contributed by atoms with Crippen molar-refractivity contribution in [3.05, 3.63) is 41.9 Å². The molecule has 3 aromatic rings. The van der Waals surface area contributed by atoms with Crippen LogP contribution < -0.4 is 10.2 Å². The highest BCUT2D eigenvalue weighted by Crippen LogP contribution is 2.37. The highest BCUT2D eigenvalue weighted by atomic mass is 19.4. The predicted molar refractivity (Wildman–Crippen MR) is 115 cm³/mol. The minimum absolute atomic E-state index is 0.216. The fourth-order valence-electron chi connectivity index (χ4n) is 3.85. The number of rotatable bonds is 6. The summed E-state index contributed by atoms with van der Waals surface area (Å²) in [6.07, 6.45) is 1.77. The minimum Gasteiger partial charge on any atom is -0.350 e. The highest BCUT2D eigenvalue weighted by molar-refractivity contribution is 5.92. The second kappa shape index (κ2) is 8.44. The van der Waals surface area contributed by atoms with E-state index >= 15 is 0 Å². The number of hydrogen-bond donors (Lipinski definition) is 2. The van der Waals surface area contributed by atoms with Crippen molar-refractivity contribution >= 4 is 11.7 Å². The van der Waals surface area contributed by atoms with Gasteiger partial charge in [0.15, 0.2) is 0 Å². The molecule has 0 spiro atoms. The Balaban J connectivity index is 1.48. The van der Waals surface area contributed by atoms with Crippen LogP contribution in [0.5, 0.6) is 0 Å². The molecule has 1 aliphatic rings. The molecule has 2 N–H and O–H groups in total. The van der Waals surface area contributed by atoms with Gasteiger partial charge in [-0.3, -0.25) is 14.6 Å². The Morgan fingerprint density at radius 1 is 1.26 bits per heavy atom. The quantitative estimate of drug-likeness (QED) is 0.563. The van der Waals surface area contributed by atoms with Gasteiger partial charge in [-0.05, 0) is 20.8 Å². The smallest absolute Gasteiger partial charge is 0.350 e. The molecule has 0 aromatic carbocycles. The number of anilines is 1. The van der Waals surface area contributed by atoms with E-state index in [4.69, 9.17) is 0 Å². The normalized spacial score (nSPS) is 16.0. The SMILES string of the molecule is Cc1nn(C2(CC#N)CN(c3cnc(C(=O)NC(C)C(F)(F)F)cn3)C2)cc1-c1cn[nH]c1C. The van der Waals surface area contributed by atoms with Crippen LogP contribution in [0.3, 0.4) is 0 Å². The summed E-state index contributed by atoms with van der Waals surface area (Å²) in [6, 6.07) is 0.220. The molecule has 1 saturated heterocycles. The summed E-state index contributed by atoms with van der Waals surface area (Å²) in [5.41, 5.74) is 2.79. The van der Waals surface area contributed by atoms with Gasteiger partial charge in [0.05, 0.1) is 36.8 Å². The van der Waals surface area contributed by atoms with E-state index in [0.717, 1.165) is 35.6 Å². The third kappa shape index (κ3) is 4.18. The van der Waals surface area contributed by atoms with Crippen molar-refractivity contribution in [1.82, 2.24) is 35.3 Å². The second-order valence-corrected chi connectivity index (χ2v) is 8.39. The van der Waals surface area contributed by atoms with Gasteiger partial charge < -0.3 is 10.2 Å². The Morgan fingerprint density at radius 3 is 2.56 bits per heavy atom. The van der Waals surface area contributed by atoms with Gasteiger partial charge in [-0.15, -0.1) is 0 Å². The van der Waals surface area contributed by atoms with Crippen molar-refractivity contribution in [3.8, 4) is 17.2 Å². The molecular weight excluding hydrogens is 451 g/mol. The van der Waals surface area contributed by atoms with E-state index in [2.05, 4.69) is 31.3 Å². The first-order valence-corrected chi connectivity index (χ1v) is 10.4. The molecule has 13 heteroatoms. The van der Waals surface area contributed by atoms with E-state index in [1.165, 1.54) is 6.20 Å². The van der Waals surface area contributed by atoms with Gasteiger partial charge in [0.1, 0.15) is 23.1 Å². The highest BCUT2D eigenvalue weighted by Gasteiger charge is 2.46. The van der Waals surface area contributed by atoms with Crippen molar-refractivity contribution < 1.29 is 18.0 Å². The summed E-state index contributed by atoms with van der Waals surface area (Å²) in [5, 5.41) is 22.9. The van der Waals surface area contributed by atoms with E-state index in [1.54, 1.807) is 10.9 Å². The molecule has 0 saturated carbocycles. The summed E-state index contributed by atoms with van der Waals surface area (Å²) in [4.78, 5) is 22.0. The molecule has 4 rings (SSSR count). The van der Waals surface area contributed by atoms with Gasteiger partial charge in [-0.2, -0.15) is 28.6 Å². The van der Waals surface area contributed by atoms with E-state index in [-0.39, 0.29) is 12.1 Å². The standard InChI is InChI=1S/C21H22F3N9O/c1-12-15(6-28-30-12)16-9-33(31-13(16)2)20(4-5-25)10-32(11-20)18-8-26-17(7-27-18)19(34)29-14(3)21(22,23)24/h6-9,14H,4,10-11H2,1-3H3,(H,28,30)(H,29,34). The third-order valence-electron chi connectivity index (χ3n) is 5.92. The molecule has 3 aromatic heterocycles. The van der Waals surface area contributed by atoms with Crippen LogP contribution in [-0.2, 0) is 5.54 Å². The predicted octanol–water partition coefficient (Wildman–Crippen LogP) is 2.49. The fourth-order valence-corrected chi connectivity index (χ4v) is 3.85. The molecule has 0 aliphatic carbocycles. The lowest BCUT2D eigenvalue weighted by molar-refractivity contribution is -0.149. The first kappa shape index (κ1) is 23.2. The molecular formula is C21H22F3N9O. The van der Waals surface area contributed by atoms with Crippen LogP contribution in [0.2, 0.25) is 0 Å². The summed E-state index contributed by atoms with van der Waals surface area (Å²) < 4.78 is 39.8. The fraction of sp³-hybridized carbons (Fsp3) is 0.429. The summed E-state index contributed by atoms with van der Waals surface area (Å²) in [7, 11) is 0. The Kier molecular flexibility index (Phi) is 5.76. The van der Waals surface area contributed by atoms with Gasteiger partial charge in [0.25, 0.3) is 5.91 Å². The first-order valence-electron chi connectivity index (χ1n) is 10.4. The van der Waals surface area contributed by atoms with Gasteiger partial charge in [-0.1, -0.05) is 0 Å². The number of carbonyl (C=O) groups is 1. The number of carbonyl (C=O) groups excluding carboxylic acids is 1. The molecule has 10 nitrogen and oxygen atoms in total. The topological polar surface area (TPSA) is 128 Å². The number of amides is 1. The van der Waals surface area contributed by atoms with Crippen molar-refractivity contribution in [2.75, 3.05) is 18.0 Å². The van der Waals surface area contributed by atoms with E-state index in [0.29, 0.717) is 18.9 Å². The van der Waals surface area contributed by atoms with Gasteiger partial charge in [0.2, 0.25) is 0 Å². The van der Waals surface area contributed by atoms with Crippen LogP contribution >= 0.6 is 0 Å². The van der Waals surface area contributed by atoms with Crippen molar-refractivity contribution in [2.24, 2.45) is 0 Å². The summed E-state index contributed by atoms with van der Waals surface area (Å²) >= 11 is 0. The van der Waals surface area contributed by atoms with Crippen LogP contribution in [0.25, 0.3) is 11.1 Å². The molecule has 34 heavy (non-hydrogen) atoms. The maximum absolute atomic E-state index is 12.7. The number of aromatic amines is 1.